The molecule has 1 aromatic rings. The third-order valence-corrected chi connectivity index (χ3v) is 1.51. The van der Waals surface area contributed by atoms with Gasteiger partial charge in [-0.25, -0.2) is 0 Å². The number of benzene rings is 1. The Morgan fingerprint density at radius 1 is 1.15 bits per heavy atom. The predicted molar refractivity (Wildman–Crippen MR) is 48.5 cm³/mol. The van der Waals surface area contributed by atoms with Crippen molar-refractivity contribution in [3.05, 3.63) is 42.6 Å². The fourth-order valence-electron chi connectivity index (χ4n) is 0.897. The van der Waals surface area contributed by atoms with Crippen LogP contribution in [0, 0.1) is 0 Å². The van der Waals surface area contributed by atoms with Gasteiger partial charge in [-0.2, -0.15) is 0 Å². The standard InChI is InChI=1S/C9H7N3O/c1-7-9(11-12-10-7)13-8-5-3-2-4-6-8/h2-6H,1H2. The molecular formula is C9H7N3O. The highest BCUT2D eigenvalue weighted by atomic mass is 16.5. The maximum atomic E-state index is 5.35. The molecule has 0 aromatic heterocycles. The van der Waals surface area contributed by atoms with Gasteiger partial charge in [0, 0.05) is 0 Å². The molecule has 1 aromatic carbocycles. The molecule has 1 aliphatic rings. The Hall–Kier alpha value is -1.97. The van der Waals surface area contributed by atoms with Gasteiger partial charge in [0.1, 0.15) is 11.4 Å². The van der Waals surface area contributed by atoms with E-state index in [1.807, 2.05) is 30.3 Å². The largest absolute Gasteiger partial charge is 0.436 e. The molecule has 0 N–H and O–H groups in total. The molecule has 64 valence electrons. The Bertz CT molecular complexity index is 381. The number of nitrogens with zero attached hydrogens (tertiary/aromatic N) is 3. The van der Waals surface area contributed by atoms with Crippen molar-refractivity contribution in [2.24, 2.45) is 15.4 Å². The summed E-state index contributed by atoms with van der Waals surface area (Å²) >= 11 is 0. The zero-order chi connectivity index (χ0) is 9.10. The third kappa shape index (κ3) is 1.61. The first-order chi connectivity index (χ1) is 6.36. The molecule has 0 aliphatic carbocycles. The van der Waals surface area contributed by atoms with Crippen LogP contribution in [0.15, 0.2) is 58.0 Å². The molecule has 0 unspecified atom stereocenters. The van der Waals surface area contributed by atoms with Gasteiger partial charge in [-0.15, -0.1) is 5.11 Å². The van der Waals surface area contributed by atoms with E-state index in [0.29, 0.717) is 17.3 Å². The van der Waals surface area contributed by atoms with Crippen LogP contribution in [0.4, 0.5) is 0 Å². The van der Waals surface area contributed by atoms with Gasteiger partial charge < -0.3 is 4.74 Å². The average Bonchev–Trinajstić information content (AvgIpc) is 2.54. The SMILES string of the molecule is C=C1N=NN=C1Oc1ccccc1. The van der Waals surface area contributed by atoms with Gasteiger partial charge in [-0.3, -0.25) is 0 Å². The van der Waals surface area contributed by atoms with Crippen molar-refractivity contribution in [2.45, 2.75) is 0 Å². The van der Waals surface area contributed by atoms with Gasteiger partial charge in [0.05, 0.1) is 0 Å². The fraction of sp³-hybridized carbons (Fsp3) is 0. The molecule has 0 radical (unpaired) electrons. The van der Waals surface area contributed by atoms with Crippen molar-refractivity contribution in [3.8, 4) is 5.75 Å². The van der Waals surface area contributed by atoms with Crippen LogP contribution in [0.25, 0.3) is 0 Å². The van der Waals surface area contributed by atoms with Crippen LogP contribution in [0.5, 0.6) is 5.75 Å². The van der Waals surface area contributed by atoms with Crippen LogP contribution < -0.4 is 4.74 Å². The van der Waals surface area contributed by atoms with Crippen LogP contribution in [-0.2, 0) is 0 Å². The highest BCUT2D eigenvalue weighted by molar-refractivity contribution is 5.94. The number of ether oxygens (including phenoxy) is 1. The minimum absolute atomic E-state index is 0.353. The maximum Gasteiger partial charge on any atom is 0.268 e. The second kappa shape index (κ2) is 3.18. The third-order valence-electron chi connectivity index (χ3n) is 1.51. The lowest BCUT2D eigenvalue weighted by atomic mass is 10.3. The van der Waals surface area contributed by atoms with Crippen molar-refractivity contribution in [1.82, 2.24) is 0 Å². The lowest BCUT2D eigenvalue weighted by Gasteiger charge is -2.02. The summed E-state index contributed by atoms with van der Waals surface area (Å²) in [5, 5.41) is 10.7. The Morgan fingerprint density at radius 2 is 1.92 bits per heavy atom. The fourth-order valence-corrected chi connectivity index (χ4v) is 0.897. The molecule has 4 heteroatoms. The van der Waals surface area contributed by atoms with Crippen LogP contribution in [0.2, 0.25) is 0 Å². The van der Waals surface area contributed by atoms with E-state index in [2.05, 4.69) is 22.0 Å². The molecule has 0 bridgehead atoms. The van der Waals surface area contributed by atoms with Gasteiger partial charge in [-0.05, 0) is 17.4 Å². The lowest BCUT2D eigenvalue weighted by molar-refractivity contribution is 0.552. The Morgan fingerprint density at radius 3 is 2.54 bits per heavy atom. The van der Waals surface area contributed by atoms with Crippen molar-refractivity contribution in [3.63, 3.8) is 0 Å². The first-order valence-corrected chi connectivity index (χ1v) is 3.77. The number of rotatable bonds is 1. The molecule has 0 atom stereocenters. The zero-order valence-corrected chi connectivity index (χ0v) is 6.84. The summed E-state index contributed by atoms with van der Waals surface area (Å²) in [5.41, 5.74) is 0.448. The molecule has 0 saturated carbocycles. The number of hydrogen-bond acceptors (Lipinski definition) is 4. The van der Waals surface area contributed by atoms with Gasteiger partial charge >= 0.3 is 0 Å². The van der Waals surface area contributed by atoms with Crippen molar-refractivity contribution < 1.29 is 4.74 Å². The normalized spacial score (nSPS) is 14.5. The molecule has 0 amide bonds. The van der Waals surface area contributed by atoms with E-state index in [0.717, 1.165) is 0 Å². The van der Waals surface area contributed by atoms with E-state index in [1.54, 1.807) is 0 Å². The second-order valence-corrected chi connectivity index (χ2v) is 2.46. The minimum atomic E-state index is 0.353. The van der Waals surface area contributed by atoms with E-state index < -0.39 is 0 Å². The first-order valence-electron chi connectivity index (χ1n) is 3.77. The molecule has 1 aliphatic heterocycles. The summed E-state index contributed by atoms with van der Waals surface area (Å²) in [5.74, 6) is 1.06. The maximum absolute atomic E-state index is 5.35. The van der Waals surface area contributed by atoms with Crippen LogP contribution in [0.3, 0.4) is 0 Å². The Balaban J connectivity index is 2.12. The molecule has 13 heavy (non-hydrogen) atoms. The van der Waals surface area contributed by atoms with Gasteiger partial charge in [0.2, 0.25) is 0 Å². The summed E-state index contributed by atoms with van der Waals surface area (Å²) in [6.45, 7) is 3.62. The number of hydrogen-bond donors (Lipinski definition) is 0. The summed E-state index contributed by atoms with van der Waals surface area (Å²) in [6.07, 6.45) is 0. The summed E-state index contributed by atoms with van der Waals surface area (Å²) < 4.78 is 5.35. The smallest absolute Gasteiger partial charge is 0.268 e. The topological polar surface area (TPSA) is 46.3 Å². The Kier molecular flexibility index (Phi) is 1.88. The van der Waals surface area contributed by atoms with E-state index in [-0.39, 0.29) is 0 Å². The van der Waals surface area contributed by atoms with Crippen LogP contribution in [0.1, 0.15) is 0 Å². The highest BCUT2D eigenvalue weighted by Gasteiger charge is 2.11. The van der Waals surface area contributed by atoms with Gasteiger partial charge in [0.15, 0.2) is 0 Å². The lowest BCUT2D eigenvalue weighted by Crippen LogP contribution is -2.06. The van der Waals surface area contributed by atoms with E-state index >= 15 is 0 Å². The summed E-state index contributed by atoms with van der Waals surface area (Å²) in [6, 6.07) is 9.32. The highest BCUT2D eigenvalue weighted by Crippen LogP contribution is 2.14. The molecule has 0 saturated heterocycles. The summed E-state index contributed by atoms with van der Waals surface area (Å²) in [7, 11) is 0. The minimum Gasteiger partial charge on any atom is -0.436 e. The first kappa shape index (κ1) is 7.67. The van der Waals surface area contributed by atoms with Crippen LogP contribution in [-0.4, -0.2) is 5.90 Å². The monoisotopic (exact) mass is 173 g/mol. The molecule has 0 spiro atoms. The number of para-hydroxylation sites is 1. The zero-order valence-electron chi connectivity index (χ0n) is 6.84. The molecule has 0 fully saturated rings. The molecule has 4 nitrogen and oxygen atoms in total. The molecule has 2 rings (SSSR count). The summed E-state index contributed by atoms with van der Waals surface area (Å²) in [4.78, 5) is 0. The molecular weight excluding hydrogens is 166 g/mol. The molecule has 1 heterocycles. The predicted octanol–water partition coefficient (Wildman–Crippen LogP) is 2.36. The Labute approximate surface area is 75.3 Å². The van der Waals surface area contributed by atoms with Crippen molar-refractivity contribution in [2.75, 3.05) is 0 Å². The van der Waals surface area contributed by atoms with Crippen molar-refractivity contribution >= 4 is 5.90 Å². The average molecular weight is 173 g/mol. The van der Waals surface area contributed by atoms with E-state index in [1.165, 1.54) is 0 Å². The van der Waals surface area contributed by atoms with Crippen molar-refractivity contribution in [1.29, 1.82) is 0 Å². The van der Waals surface area contributed by atoms with Gasteiger partial charge in [0.25, 0.3) is 5.90 Å². The second-order valence-electron chi connectivity index (χ2n) is 2.46. The quantitative estimate of drug-likeness (QED) is 0.642. The van der Waals surface area contributed by atoms with E-state index in [9.17, 15) is 0 Å². The van der Waals surface area contributed by atoms with Gasteiger partial charge in [-0.1, -0.05) is 29.9 Å². The van der Waals surface area contributed by atoms with E-state index in [4.69, 9.17) is 4.74 Å². The van der Waals surface area contributed by atoms with Crippen LogP contribution >= 0.6 is 0 Å².